The molecule has 0 saturated carbocycles. The second-order valence-corrected chi connectivity index (χ2v) is 6.68. The van der Waals surface area contributed by atoms with Crippen LogP contribution in [-0.4, -0.2) is 64.8 Å². The van der Waals surface area contributed by atoms with Gasteiger partial charge >= 0.3 is 12.0 Å². The number of likely N-dealkylation sites (tertiary alicyclic amines) is 1. The first-order valence-corrected chi connectivity index (χ1v) is 7.14. The predicted octanol–water partition coefficient (Wildman–Crippen LogP) is 1.26. The molecule has 2 aliphatic heterocycles. The van der Waals surface area contributed by atoms with Crippen molar-refractivity contribution < 1.29 is 19.4 Å². The van der Waals surface area contributed by atoms with Gasteiger partial charge < -0.3 is 19.6 Å². The monoisotopic (exact) mass is 284 g/mol. The molecule has 0 aromatic heterocycles. The Morgan fingerprint density at radius 3 is 2.30 bits per heavy atom. The third-order valence-electron chi connectivity index (χ3n) is 4.04. The minimum atomic E-state index is -0.816. The first-order chi connectivity index (χ1) is 9.19. The van der Waals surface area contributed by atoms with Gasteiger partial charge in [-0.3, -0.25) is 4.79 Å². The van der Waals surface area contributed by atoms with Gasteiger partial charge in [0.25, 0.3) is 0 Å². The molecule has 2 aliphatic rings. The van der Waals surface area contributed by atoms with E-state index in [1.165, 1.54) is 0 Å². The van der Waals surface area contributed by atoms with E-state index in [4.69, 9.17) is 9.84 Å². The SMILES string of the molecule is CC1CN(C(=O)N2CC(C)C(C(=O)O)C2)CC(C)(C)O1. The van der Waals surface area contributed by atoms with Crippen LogP contribution in [0.2, 0.25) is 0 Å². The highest BCUT2D eigenvalue weighted by Crippen LogP contribution is 2.27. The Kier molecular flexibility index (Phi) is 3.95. The zero-order valence-electron chi connectivity index (χ0n) is 12.6. The summed E-state index contributed by atoms with van der Waals surface area (Å²) in [5.41, 5.74) is -0.356. The molecule has 1 N–H and O–H groups in total. The number of ether oxygens (including phenoxy) is 1. The first kappa shape index (κ1) is 15.1. The van der Waals surface area contributed by atoms with Crippen LogP contribution in [0.25, 0.3) is 0 Å². The minimum Gasteiger partial charge on any atom is -0.481 e. The van der Waals surface area contributed by atoms with Crippen LogP contribution >= 0.6 is 0 Å². The van der Waals surface area contributed by atoms with Crippen LogP contribution in [-0.2, 0) is 9.53 Å². The van der Waals surface area contributed by atoms with Crippen LogP contribution in [0.4, 0.5) is 4.79 Å². The lowest BCUT2D eigenvalue weighted by Crippen LogP contribution is -2.56. The summed E-state index contributed by atoms with van der Waals surface area (Å²) < 4.78 is 5.79. The maximum absolute atomic E-state index is 12.6. The van der Waals surface area contributed by atoms with Gasteiger partial charge in [-0.05, 0) is 26.7 Å². The average molecular weight is 284 g/mol. The fourth-order valence-electron chi connectivity index (χ4n) is 3.24. The molecule has 0 radical (unpaired) electrons. The van der Waals surface area contributed by atoms with Crippen LogP contribution in [0.1, 0.15) is 27.7 Å². The lowest BCUT2D eigenvalue weighted by atomic mass is 9.99. The summed E-state index contributed by atoms with van der Waals surface area (Å²) in [5.74, 6) is -1.27. The van der Waals surface area contributed by atoms with E-state index in [0.717, 1.165) is 0 Å². The van der Waals surface area contributed by atoms with Gasteiger partial charge in [-0.2, -0.15) is 0 Å². The molecule has 20 heavy (non-hydrogen) atoms. The number of rotatable bonds is 1. The summed E-state index contributed by atoms with van der Waals surface area (Å²) in [7, 11) is 0. The number of urea groups is 1. The maximum Gasteiger partial charge on any atom is 0.320 e. The minimum absolute atomic E-state index is 0.00185. The van der Waals surface area contributed by atoms with Crippen molar-refractivity contribution in [1.82, 2.24) is 9.80 Å². The van der Waals surface area contributed by atoms with Crippen molar-refractivity contribution in [3.8, 4) is 0 Å². The number of carboxylic acid groups (broad SMARTS) is 1. The standard InChI is InChI=1S/C14H24N2O4/c1-9-5-15(7-11(9)12(17)18)13(19)16-6-10(2)20-14(3,4)8-16/h9-11H,5-8H2,1-4H3,(H,17,18). The van der Waals surface area contributed by atoms with E-state index in [9.17, 15) is 9.59 Å². The van der Waals surface area contributed by atoms with Crippen LogP contribution in [0.15, 0.2) is 0 Å². The van der Waals surface area contributed by atoms with Gasteiger partial charge in [0, 0.05) is 19.6 Å². The number of nitrogens with zero attached hydrogens (tertiary/aromatic N) is 2. The van der Waals surface area contributed by atoms with E-state index in [-0.39, 0.29) is 23.7 Å². The van der Waals surface area contributed by atoms with Crippen LogP contribution < -0.4 is 0 Å². The zero-order valence-corrected chi connectivity index (χ0v) is 12.6. The zero-order chi connectivity index (χ0) is 15.1. The summed E-state index contributed by atoms with van der Waals surface area (Å²) in [5, 5.41) is 9.15. The van der Waals surface area contributed by atoms with E-state index < -0.39 is 11.9 Å². The van der Waals surface area contributed by atoms with Gasteiger partial charge in [-0.1, -0.05) is 6.92 Å². The van der Waals surface area contributed by atoms with Gasteiger partial charge in [0.1, 0.15) is 0 Å². The Morgan fingerprint density at radius 2 is 1.80 bits per heavy atom. The van der Waals surface area contributed by atoms with Crippen LogP contribution in [0.5, 0.6) is 0 Å². The lowest BCUT2D eigenvalue weighted by Gasteiger charge is -2.42. The molecule has 0 bridgehead atoms. The van der Waals surface area contributed by atoms with E-state index >= 15 is 0 Å². The highest BCUT2D eigenvalue weighted by molar-refractivity contribution is 5.78. The third-order valence-corrected chi connectivity index (χ3v) is 4.04. The van der Waals surface area contributed by atoms with E-state index in [1.54, 1.807) is 9.80 Å². The summed E-state index contributed by atoms with van der Waals surface area (Å²) in [6.07, 6.45) is -0.00185. The Morgan fingerprint density at radius 1 is 1.15 bits per heavy atom. The molecule has 0 spiro atoms. The molecule has 6 nitrogen and oxygen atoms in total. The van der Waals surface area contributed by atoms with Gasteiger partial charge in [-0.15, -0.1) is 0 Å². The molecule has 2 rings (SSSR count). The fourth-order valence-corrected chi connectivity index (χ4v) is 3.24. The lowest BCUT2D eigenvalue weighted by molar-refractivity contribution is -0.142. The quantitative estimate of drug-likeness (QED) is 0.787. The molecule has 0 aliphatic carbocycles. The third kappa shape index (κ3) is 3.06. The maximum atomic E-state index is 12.6. The predicted molar refractivity (Wildman–Crippen MR) is 73.5 cm³/mol. The fraction of sp³-hybridized carbons (Fsp3) is 0.857. The molecule has 6 heteroatoms. The number of carbonyl (C=O) groups is 2. The van der Waals surface area contributed by atoms with Crippen molar-refractivity contribution in [2.24, 2.45) is 11.8 Å². The van der Waals surface area contributed by atoms with E-state index in [1.807, 2.05) is 27.7 Å². The number of aliphatic carboxylic acids is 1. The number of hydrogen-bond acceptors (Lipinski definition) is 3. The Bertz CT molecular complexity index is 410. The van der Waals surface area contributed by atoms with Gasteiger partial charge in [0.2, 0.25) is 0 Å². The first-order valence-electron chi connectivity index (χ1n) is 7.14. The molecule has 3 atom stereocenters. The normalized spacial score (nSPS) is 33.3. The highest BCUT2D eigenvalue weighted by atomic mass is 16.5. The molecule has 2 heterocycles. The van der Waals surface area contributed by atoms with Gasteiger partial charge in [-0.25, -0.2) is 4.79 Å². The molecule has 3 unspecified atom stereocenters. The molecule has 2 amide bonds. The number of carboxylic acids is 1. The summed E-state index contributed by atoms with van der Waals surface area (Å²) in [6, 6.07) is -0.0659. The molecule has 2 saturated heterocycles. The van der Waals surface area contributed by atoms with E-state index in [2.05, 4.69) is 0 Å². The molecular weight excluding hydrogens is 260 g/mol. The largest absolute Gasteiger partial charge is 0.481 e. The van der Waals surface area contributed by atoms with Crippen molar-refractivity contribution in [1.29, 1.82) is 0 Å². The van der Waals surface area contributed by atoms with Crippen molar-refractivity contribution >= 4 is 12.0 Å². The number of morpholine rings is 1. The van der Waals surface area contributed by atoms with Crippen LogP contribution in [0, 0.1) is 11.8 Å². The van der Waals surface area contributed by atoms with Crippen molar-refractivity contribution in [3.63, 3.8) is 0 Å². The Balaban J connectivity index is 2.03. The van der Waals surface area contributed by atoms with Crippen molar-refractivity contribution in [2.75, 3.05) is 26.2 Å². The smallest absolute Gasteiger partial charge is 0.320 e. The average Bonchev–Trinajstić information content (AvgIpc) is 2.67. The topological polar surface area (TPSA) is 70.1 Å². The second-order valence-electron chi connectivity index (χ2n) is 6.68. The van der Waals surface area contributed by atoms with E-state index in [0.29, 0.717) is 26.2 Å². The summed E-state index contributed by atoms with van der Waals surface area (Å²) >= 11 is 0. The molecule has 114 valence electrons. The Hall–Kier alpha value is -1.30. The molecular formula is C14H24N2O4. The number of amides is 2. The van der Waals surface area contributed by atoms with Crippen molar-refractivity contribution in [2.45, 2.75) is 39.4 Å². The Labute approximate surface area is 119 Å². The number of carbonyl (C=O) groups excluding carboxylic acids is 1. The molecule has 0 aromatic rings. The van der Waals surface area contributed by atoms with Crippen LogP contribution in [0.3, 0.4) is 0 Å². The van der Waals surface area contributed by atoms with Gasteiger partial charge in [0.05, 0.1) is 24.2 Å². The van der Waals surface area contributed by atoms with Crippen molar-refractivity contribution in [3.05, 3.63) is 0 Å². The molecule has 2 fully saturated rings. The molecule has 0 aromatic carbocycles. The number of hydrogen-bond donors (Lipinski definition) is 1. The second kappa shape index (κ2) is 5.24. The summed E-state index contributed by atoms with van der Waals surface area (Å²) in [6.45, 7) is 9.70. The summed E-state index contributed by atoms with van der Waals surface area (Å²) in [4.78, 5) is 27.1. The highest BCUT2D eigenvalue weighted by Gasteiger charge is 2.41. The van der Waals surface area contributed by atoms with Gasteiger partial charge in [0.15, 0.2) is 0 Å².